The zero-order valence-corrected chi connectivity index (χ0v) is 12.6. The lowest BCUT2D eigenvalue weighted by atomic mass is 10.1. The van der Waals surface area contributed by atoms with Gasteiger partial charge in [-0.15, -0.1) is 11.8 Å². The molecule has 2 rings (SSSR count). The lowest BCUT2D eigenvalue weighted by Gasteiger charge is -2.15. The summed E-state index contributed by atoms with van der Waals surface area (Å²) in [6.07, 6.45) is 5.57. The van der Waals surface area contributed by atoms with Crippen molar-refractivity contribution < 1.29 is 4.79 Å². The Morgan fingerprint density at radius 1 is 1.15 bits per heavy atom. The summed E-state index contributed by atoms with van der Waals surface area (Å²) in [7, 11) is 1.95. The SMILES string of the molecule is CSc1ccc(C(=O)CN(C)Cc2ccncc2)cc1. The molecule has 0 aliphatic rings. The van der Waals surface area contributed by atoms with Gasteiger partial charge in [0.2, 0.25) is 0 Å². The maximum atomic E-state index is 12.2. The Morgan fingerprint density at radius 2 is 1.80 bits per heavy atom. The first-order chi connectivity index (χ1) is 9.69. The molecule has 0 spiro atoms. The number of aromatic nitrogens is 1. The predicted octanol–water partition coefficient (Wildman–Crippen LogP) is 3.12. The molecule has 0 bridgehead atoms. The molecule has 0 aliphatic carbocycles. The van der Waals surface area contributed by atoms with Crippen LogP contribution >= 0.6 is 11.8 Å². The molecule has 1 heterocycles. The second-order valence-electron chi connectivity index (χ2n) is 4.68. The molecule has 104 valence electrons. The maximum Gasteiger partial charge on any atom is 0.176 e. The molecule has 0 aliphatic heterocycles. The van der Waals surface area contributed by atoms with E-state index in [1.54, 1.807) is 24.2 Å². The summed E-state index contributed by atoms with van der Waals surface area (Å²) < 4.78 is 0. The Balaban J connectivity index is 1.93. The highest BCUT2D eigenvalue weighted by Crippen LogP contribution is 2.15. The zero-order chi connectivity index (χ0) is 14.4. The predicted molar refractivity (Wildman–Crippen MR) is 83.1 cm³/mol. The van der Waals surface area contributed by atoms with Crippen LogP contribution in [-0.2, 0) is 6.54 Å². The first-order valence-corrected chi connectivity index (χ1v) is 7.66. The average Bonchev–Trinajstić information content (AvgIpc) is 2.48. The second-order valence-corrected chi connectivity index (χ2v) is 5.56. The van der Waals surface area contributed by atoms with Gasteiger partial charge in [-0.25, -0.2) is 0 Å². The first kappa shape index (κ1) is 14.8. The molecule has 20 heavy (non-hydrogen) atoms. The van der Waals surface area contributed by atoms with Crippen molar-refractivity contribution >= 4 is 17.5 Å². The molecule has 1 aromatic carbocycles. The summed E-state index contributed by atoms with van der Waals surface area (Å²) >= 11 is 1.68. The van der Waals surface area contributed by atoms with Gasteiger partial charge < -0.3 is 0 Å². The van der Waals surface area contributed by atoms with Crippen molar-refractivity contribution in [2.24, 2.45) is 0 Å². The second kappa shape index (κ2) is 7.22. The van der Waals surface area contributed by atoms with Gasteiger partial charge in [0, 0.05) is 29.4 Å². The number of ketones is 1. The van der Waals surface area contributed by atoms with Crippen LogP contribution in [0.15, 0.2) is 53.7 Å². The fourth-order valence-corrected chi connectivity index (χ4v) is 2.38. The van der Waals surface area contributed by atoms with Crippen molar-refractivity contribution in [3.63, 3.8) is 0 Å². The minimum Gasteiger partial charge on any atom is -0.295 e. The monoisotopic (exact) mass is 286 g/mol. The number of benzene rings is 1. The van der Waals surface area contributed by atoms with Crippen LogP contribution in [0.4, 0.5) is 0 Å². The number of pyridine rings is 1. The van der Waals surface area contributed by atoms with Gasteiger partial charge in [0.05, 0.1) is 6.54 Å². The smallest absolute Gasteiger partial charge is 0.176 e. The normalized spacial score (nSPS) is 10.8. The third kappa shape index (κ3) is 4.18. The minimum atomic E-state index is 0.147. The standard InChI is InChI=1S/C16H18N2OS/c1-18(11-13-7-9-17-10-8-13)12-16(19)14-3-5-15(20-2)6-4-14/h3-10H,11-12H2,1-2H3. The number of thioether (sulfide) groups is 1. The molecule has 0 N–H and O–H groups in total. The van der Waals surface area contributed by atoms with E-state index in [0.717, 1.165) is 17.7 Å². The number of likely N-dealkylation sites (N-methyl/N-ethyl adjacent to an activating group) is 1. The lowest BCUT2D eigenvalue weighted by molar-refractivity contribution is 0.0943. The van der Waals surface area contributed by atoms with E-state index in [0.29, 0.717) is 6.54 Å². The van der Waals surface area contributed by atoms with Gasteiger partial charge in [-0.1, -0.05) is 12.1 Å². The molecule has 1 aromatic heterocycles. The molecule has 0 unspecified atom stereocenters. The van der Waals surface area contributed by atoms with Gasteiger partial charge in [0.1, 0.15) is 0 Å². The summed E-state index contributed by atoms with van der Waals surface area (Å²) in [5.74, 6) is 0.147. The lowest BCUT2D eigenvalue weighted by Crippen LogP contribution is -2.25. The van der Waals surface area contributed by atoms with Crippen LogP contribution in [0.5, 0.6) is 0 Å². The van der Waals surface area contributed by atoms with Crippen LogP contribution in [0.1, 0.15) is 15.9 Å². The van der Waals surface area contributed by atoms with Crippen molar-refractivity contribution in [3.8, 4) is 0 Å². The molecular formula is C16H18N2OS. The maximum absolute atomic E-state index is 12.2. The zero-order valence-electron chi connectivity index (χ0n) is 11.7. The van der Waals surface area contributed by atoms with Crippen LogP contribution in [0.2, 0.25) is 0 Å². The van der Waals surface area contributed by atoms with Crippen LogP contribution in [0.25, 0.3) is 0 Å². The largest absolute Gasteiger partial charge is 0.295 e. The molecule has 0 amide bonds. The Morgan fingerprint density at radius 3 is 2.40 bits per heavy atom. The van der Waals surface area contributed by atoms with Crippen molar-refractivity contribution in [1.29, 1.82) is 0 Å². The Bertz CT molecular complexity index is 554. The summed E-state index contributed by atoms with van der Waals surface area (Å²) in [6, 6.07) is 11.7. The van der Waals surface area contributed by atoms with Gasteiger partial charge in [-0.05, 0) is 43.1 Å². The van der Waals surface area contributed by atoms with Gasteiger partial charge in [0.15, 0.2) is 5.78 Å². The Labute approximate surface area is 124 Å². The molecule has 0 fully saturated rings. The van der Waals surface area contributed by atoms with E-state index in [9.17, 15) is 4.79 Å². The molecule has 2 aromatic rings. The highest BCUT2D eigenvalue weighted by atomic mass is 32.2. The summed E-state index contributed by atoms with van der Waals surface area (Å²) in [4.78, 5) is 19.4. The fourth-order valence-electron chi connectivity index (χ4n) is 1.97. The average molecular weight is 286 g/mol. The summed E-state index contributed by atoms with van der Waals surface area (Å²) in [6.45, 7) is 1.16. The number of hydrogen-bond acceptors (Lipinski definition) is 4. The van der Waals surface area contributed by atoms with E-state index in [1.807, 2.05) is 54.6 Å². The van der Waals surface area contributed by atoms with Gasteiger partial charge in [-0.2, -0.15) is 0 Å². The van der Waals surface area contributed by atoms with E-state index in [2.05, 4.69) is 4.98 Å². The molecule has 0 saturated carbocycles. The number of hydrogen-bond donors (Lipinski definition) is 0. The van der Waals surface area contributed by atoms with Gasteiger partial charge in [-0.3, -0.25) is 14.7 Å². The van der Waals surface area contributed by atoms with Crippen molar-refractivity contribution in [2.45, 2.75) is 11.4 Å². The molecule has 0 radical (unpaired) electrons. The van der Waals surface area contributed by atoms with Crippen LogP contribution < -0.4 is 0 Å². The van der Waals surface area contributed by atoms with Crippen molar-refractivity contribution in [3.05, 3.63) is 59.9 Å². The topological polar surface area (TPSA) is 33.2 Å². The van der Waals surface area contributed by atoms with Gasteiger partial charge in [0.25, 0.3) is 0 Å². The van der Waals surface area contributed by atoms with E-state index >= 15 is 0 Å². The van der Waals surface area contributed by atoms with Crippen LogP contribution in [0.3, 0.4) is 0 Å². The van der Waals surface area contributed by atoms with Crippen molar-refractivity contribution in [1.82, 2.24) is 9.88 Å². The third-order valence-electron chi connectivity index (χ3n) is 3.03. The Hall–Kier alpha value is -1.65. The van der Waals surface area contributed by atoms with E-state index in [1.165, 1.54) is 4.90 Å². The van der Waals surface area contributed by atoms with E-state index in [4.69, 9.17) is 0 Å². The van der Waals surface area contributed by atoms with E-state index in [-0.39, 0.29) is 5.78 Å². The minimum absolute atomic E-state index is 0.147. The number of rotatable bonds is 6. The summed E-state index contributed by atoms with van der Waals surface area (Å²) in [5.41, 5.74) is 1.93. The van der Waals surface area contributed by atoms with Crippen LogP contribution in [-0.4, -0.2) is 35.5 Å². The van der Waals surface area contributed by atoms with Crippen molar-refractivity contribution in [2.75, 3.05) is 19.8 Å². The highest BCUT2D eigenvalue weighted by molar-refractivity contribution is 7.98. The third-order valence-corrected chi connectivity index (χ3v) is 3.77. The first-order valence-electron chi connectivity index (χ1n) is 6.44. The fraction of sp³-hybridized carbons (Fsp3) is 0.250. The molecule has 4 heteroatoms. The Kier molecular flexibility index (Phi) is 5.32. The molecule has 3 nitrogen and oxygen atoms in total. The summed E-state index contributed by atoms with van der Waals surface area (Å²) in [5, 5.41) is 0. The number of Topliss-reactive ketones (excluding diaryl/α,β-unsaturated/α-hetero) is 1. The van der Waals surface area contributed by atoms with E-state index < -0.39 is 0 Å². The van der Waals surface area contributed by atoms with Crippen LogP contribution in [0, 0.1) is 0 Å². The number of carbonyl (C=O) groups excluding carboxylic acids is 1. The quantitative estimate of drug-likeness (QED) is 0.603. The van der Waals surface area contributed by atoms with Gasteiger partial charge >= 0.3 is 0 Å². The highest BCUT2D eigenvalue weighted by Gasteiger charge is 2.09. The molecule has 0 saturated heterocycles. The molecule has 0 atom stereocenters. The number of nitrogens with zero attached hydrogens (tertiary/aromatic N) is 2. The number of carbonyl (C=O) groups is 1. The molecular weight excluding hydrogens is 268 g/mol.